The van der Waals surface area contributed by atoms with Crippen molar-refractivity contribution < 1.29 is 8.97 Å². The van der Waals surface area contributed by atoms with Crippen LogP contribution in [0.2, 0.25) is 0 Å². The van der Waals surface area contributed by atoms with E-state index in [-0.39, 0.29) is 0 Å². The average molecular weight is 423 g/mol. The molecule has 0 aromatic rings. The van der Waals surface area contributed by atoms with Crippen molar-refractivity contribution in [2.45, 2.75) is 105 Å². The third-order valence-corrected chi connectivity index (χ3v) is 9.28. The summed E-state index contributed by atoms with van der Waals surface area (Å²) in [6.07, 6.45) is 17.3. The summed E-state index contributed by atoms with van der Waals surface area (Å²) in [7, 11) is 5.07. The average Bonchev–Trinajstić information content (AvgIpc) is 3.25. The monoisotopic (exact) mass is 422 g/mol. The van der Waals surface area contributed by atoms with Crippen molar-refractivity contribution in [3.8, 4) is 0 Å². The quantitative estimate of drug-likeness (QED) is 0.194. The molecule has 2 rings (SSSR count). The molecule has 0 amide bonds. The fourth-order valence-electron chi connectivity index (χ4n) is 7.27. The van der Waals surface area contributed by atoms with E-state index >= 15 is 0 Å². The molecule has 2 aliphatic rings. The van der Waals surface area contributed by atoms with Gasteiger partial charge in [0, 0.05) is 23.7 Å². The number of likely N-dealkylation sites (tertiary alicyclic amines) is 2. The molecule has 4 unspecified atom stereocenters. The maximum absolute atomic E-state index is 2.53. The number of hydrogen-bond acceptors (Lipinski definition) is 0. The third kappa shape index (κ3) is 7.80. The summed E-state index contributed by atoms with van der Waals surface area (Å²) < 4.78 is 2.73. The van der Waals surface area contributed by atoms with E-state index in [2.05, 4.69) is 41.8 Å². The highest BCUT2D eigenvalue weighted by Gasteiger charge is 2.40. The van der Waals surface area contributed by atoms with E-state index in [1.54, 1.807) is 0 Å². The van der Waals surface area contributed by atoms with Gasteiger partial charge in [0.05, 0.1) is 53.4 Å². The maximum atomic E-state index is 2.53. The smallest absolute Gasteiger partial charge is 0.0818 e. The fourth-order valence-corrected chi connectivity index (χ4v) is 7.27. The largest absolute Gasteiger partial charge is 0.326 e. The summed E-state index contributed by atoms with van der Waals surface area (Å²) in [6, 6.07) is 0. The van der Waals surface area contributed by atoms with Crippen molar-refractivity contribution in [2.24, 2.45) is 23.7 Å². The van der Waals surface area contributed by atoms with Crippen LogP contribution in [0.25, 0.3) is 0 Å². The Balaban J connectivity index is 1.46. The molecule has 0 aromatic heterocycles. The Hall–Kier alpha value is -0.0800. The molecule has 2 fully saturated rings. The van der Waals surface area contributed by atoms with Crippen LogP contribution in [0.15, 0.2) is 0 Å². The van der Waals surface area contributed by atoms with Crippen LogP contribution in [0.4, 0.5) is 0 Å². The van der Waals surface area contributed by atoms with Gasteiger partial charge in [-0.05, 0) is 51.4 Å². The van der Waals surface area contributed by atoms with Gasteiger partial charge >= 0.3 is 0 Å². The van der Waals surface area contributed by atoms with Crippen molar-refractivity contribution in [3.63, 3.8) is 0 Å². The SMILES string of the molecule is CCC1C[N+](C)(CCCCCCCCCC[N+]2(C)CC(CC)C(CC)C2)CC1CC. The van der Waals surface area contributed by atoms with E-state index in [0.717, 1.165) is 23.7 Å². The van der Waals surface area contributed by atoms with Crippen LogP contribution < -0.4 is 0 Å². The van der Waals surface area contributed by atoms with E-state index in [1.807, 2.05) is 0 Å². The van der Waals surface area contributed by atoms with Gasteiger partial charge in [-0.2, -0.15) is 0 Å². The molecular formula is C28H58N2+2. The Labute approximate surface area is 191 Å². The molecule has 0 aliphatic carbocycles. The zero-order valence-electron chi connectivity index (χ0n) is 21.9. The van der Waals surface area contributed by atoms with Crippen LogP contribution >= 0.6 is 0 Å². The third-order valence-electron chi connectivity index (χ3n) is 9.28. The standard InChI is InChI=1S/C28H58N2/c1-7-25-21-29(5,22-26(25)8-2)19-17-15-13-11-12-14-16-18-20-30(6)23-27(9-3)28(10-4)24-30/h25-28H,7-24H2,1-6H3/q+2. The molecule has 0 saturated carbocycles. The molecule has 2 aliphatic heterocycles. The van der Waals surface area contributed by atoms with Gasteiger partial charge in [0.1, 0.15) is 0 Å². The first-order valence-electron chi connectivity index (χ1n) is 14.1. The highest BCUT2D eigenvalue weighted by atomic mass is 15.4. The highest BCUT2D eigenvalue weighted by Crippen LogP contribution is 2.34. The first-order valence-corrected chi connectivity index (χ1v) is 14.1. The minimum Gasteiger partial charge on any atom is -0.326 e. The first kappa shape index (κ1) is 26.2. The molecule has 2 heteroatoms. The van der Waals surface area contributed by atoms with Gasteiger partial charge in [0.25, 0.3) is 0 Å². The van der Waals surface area contributed by atoms with Crippen LogP contribution in [-0.2, 0) is 0 Å². The summed E-state index contributed by atoms with van der Waals surface area (Å²) in [5, 5.41) is 0. The molecule has 4 atom stereocenters. The van der Waals surface area contributed by atoms with E-state index < -0.39 is 0 Å². The molecular weight excluding hydrogens is 364 g/mol. The van der Waals surface area contributed by atoms with Gasteiger partial charge < -0.3 is 8.97 Å². The summed E-state index contributed by atoms with van der Waals surface area (Å²) in [6.45, 7) is 18.3. The van der Waals surface area contributed by atoms with E-state index in [1.165, 1.54) is 125 Å². The van der Waals surface area contributed by atoms with Crippen LogP contribution in [0.5, 0.6) is 0 Å². The van der Waals surface area contributed by atoms with Gasteiger partial charge in [0.15, 0.2) is 0 Å². The number of quaternary nitrogens is 2. The summed E-state index contributed by atoms with van der Waals surface area (Å²) in [5.74, 6) is 3.97. The van der Waals surface area contributed by atoms with Crippen LogP contribution in [0.1, 0.15) is 105 Å². The lowest BCUT2D eigenvalue weighted by Crippen LogP contribution is -2.42. The van der Waals surface area contributed by atoms with Crippen LogP contribution in [0, 0.1) is 23.7 Å². The summed E-state index contributed by atoms with van der Waals surface area (Å²) in [5.41, 5.74) is 0. The normalized spacial score (nSPS) is 36.6. The molecule has 30 heavy (non-hydrogen) atoms. The second-order valence-corrected chi connectivity index (χ2v) is 11.9. The maximum Gasteiger partial charge on any atom is 0.0818 e. The van der Waals surface area contributed by atoms with Crippen molar-refractivity contribution in [3.05, 3.63) is 0 Å². The molecule has 178 valence electrons. The molecule has 2 heterocycles. The Bertz CT molecular complexity index is 394. The molecule has 0 N–H and O–H groups in total. The van der Waals surface area contributed by atoms with Crippen molar-refractivity contribution in [1.29, 1.82) is 0 Å². The molecule has 2 nitrogen and oxygen atoms in total. The number of unbranched alkanes of at least 4 members (excludes halogenated alkanes) is 7. The summed E-state index contributed by atoms with van der Waals surface area (Å²) >= 11 is 0. The van der Waals surface area contributed by atoms with Gasteiger partial charge in [0.2, 0.25) is 0 Å². The van der Waals surface area contributed by atoms with Crippen molar-refractivity contribution in [2.75, 3.05) is 53.4 Å². The predicted molar refractivity (Wildman–Crippen MR) is 134 cm³/mol. The lowest BCUT2D eigenvalue weighted by atomic mass is 9.92. The number of nitrogens with zero attached hydrogens (tertiary/aromatic N) is 2. The second-order valence-electron chi connectivity index (χ2n) is 11.9. The fraction of sp³-hybridized carbons (Fsp3) is 1.00. The lowest BCUT2D eigenvalue weighted by molar-refractivity contribution is -0.900. The van der Waals surface area contributed by atoms with Gasteiger partial charge in [-0.1, -0.05) is 53.4 Å². The minimum atomic E-state index is 0.992. The van der Waals surface area contributed by atoms with E-state index in [0.29, 0.717) is 0 Å². The summed E-state index contributed by atoms with van der Waals surface area (Å²) in [4.78, 5) is 0. The Morgan fingerprint density at radius 3 is 0.900 bits per heavy atom. The Morgan fingerprint density at radius 1 is 0.433 bits per heavy atom. The van der Waals surface area contributed by atoms with E-state index in [9.17, 15) is 0 Å². The first-order chi connectivity index (χ1) is 14.4. The molecule has 0 spiro atoms. The predicted octanol–water partition coefficient (Wildman–Crippen LogP) is 7.13. The van der Waals surface area contributed by atoms with Gasteiger partial charge in [-0.25, -0.2) is 0 Å². The molecule has 0 aromatic carbocycles. The zero-order valence-corrected chi connectivity index (χ0v) is 21.9. The van der Waals surface area contributed by atoms with Crippen molar-refractivity contribution >= 4 is 0 Å². The number of hydrogen-bond donors (Lipinski definition) is 0. The van der Waals surface area contributed by atoms with Gasteiger partial charge in [-0.3, -0.25) is 0 Å². The Morgan fingerprint density at radius 2 is 0.667 bits per heavy atom. The molecule has 2 saturated heterocycles. The topological polar surface area (TPSA) is 0 Å². The lowest BCUT2D eigenvalue weighted by Gasteiger charge is -2.30. The van der Waals surface area contributed by atoms with Crippen LogP contribution in [-0.4, -0.2) is 62.3 Å². The van der Waals surface area contributed by atoms with E-state index in [4.69, 9.17) is 0 Å². The molecule has 0 bridgehead atoms. The highest BCUT2D eigenvalue weighted by molar-refractivity contribution is 4.75. The van der Waals surface area contributed by atoms with Crippen LogP contribution in [0.3, 0.4) is 0 Å². The van der Waals surface area contributed by atoms with Crippen molar-refractivity contribution in [1.82, 2.24) is 0 Å². The molecule has 0 radical (unpaired) electrons. The second kappa shape index (κ2) is 12.8. The zero-order chi connectivity index (χ0) is 22.0. The number of rotatable bonds is 15. The Kier molecular flexibility index (Phi) is 11.2. The van der Waals surface area contributed by atoms with Gasteiger partial charge in [-0.15, -0.1) is 0 Å². The minimum absolute atomic E-state index is 0.992.